The highest BCUT2D eigenvalue weighted by Crippen LogP contribution is 2.20. The number of phenols is 1. The molecule has 5 nitrogen and oxygen atoms in total. The molecule has 2 heterocycles. The first-order chi connectivity index (χ1) is 11.6. The van der Waals surface area contributed by atoms with E-state index < -0.39 is 0 Å². The highest BCUT2D eigenvalue weighted by Gasteiger charge is 2.20. The Labute approximate surface area is 144 Å². The molecule has 6 heteroatoms. The van der Waals surface area contributed by atoms with Gasteiger partial charge in [-0.3, -0.25) is 9.59 Å². The van der Waals surface area contributed by atoms with Gasteiger partial charge in [-0.1, -0.05) is 6.07 Å². The molecule has 1 aliphatic heterocycles. The van der Waals surface area contributed by atoms with E-state index in [2.05, 4.69) is 10.6 Å². The molecular formula is C18H20N2O3S. The standard InChI is InChI=1S/C18H20N2O3S/c21-14-5-6-15(18(23)20-13-3-1-7-19-11-13)12(9-14)10-16(22)17-4-2-8-24-17/h2,4-6,8-9,13,19,21H,1,3,7,10-11H2,(H,20,23). The van der Waals surface area contributed by atoms with E-state index in [4.69, 9.17) is 0 Å². The number of hydrogen-bond acceptors (Lipinski definition) is 5. The Morgan fingerprint density at radius 3 is 2.92 bits per heavy atom. The number of aromatic hydroxyl groups is 1. The number of hydrogen-bond donors (Lipinski definition) is 3. The maximum Gasteiger partial charge on any atom is 0.251 e. The van der Waals surface area contributed by atoms with Crippen molar-refractivity contribution in [2.45, 2.75) is 25.3 Å². The van der Waals surface area contributed by atoms with Crippen molar-refractivity contribution >= 4 is 23.0 Å². The number of amides is 1. The fourth-order valence-electron chi connectivity index (χ4n) is 2.88. The Balaban J connectivity index is 1.77. The van der Waals surface area contributed by atoms with Gasteiger partial charge in [0.2, 0.25) is 0 Å². The van der Waals surface area contributed by atoms with Gasteiger partial charge in [0.25, 0.3) is 5.91 Å². The Morgan fingerprint density at radius 1 is 1.33 bits per heavy atom. The van der Waals surface area contributed by atoms with Crippen LogP contribution < -0.4 is 10.6 Å². The third-order valence-corrected chi connectivity index (χ3v) is 5.02. The Hall–Kier alpha value is -2.18. The van der Waals surface area contributed by atoms with Gasteiger partial charge in [0.15, 0.2) is 5.78 Å². The lowest BCUT2D eigenvalue weighted by Gasteiger charge is -2.24. The SMILES string of the molecule is O=C(Cc1cc(O)ccc1C(=O)NC1CCCNC1)c1cccs1. The zero-order chi connectivity index (χ0) is 16.9. The first-order valence-corrected chi connectivity index (χ1v) is 8.91. The number of rotatable bonds is 5. The summed E-state index contributed by atoms with van der Waals surface area (Å²) in [5.41, 5.74) is 0.998. The molecule has 0 saturated carbocycles. The van der Waals surface area contributed by atoms with E-state index in [0.29, 0.717) is 16.0 Å². The van der Waals surface area contributed by atoms with Crippen LogP contribution in [0.15, 0.2) is 35.7 Å². The molecule has 3 rings (SSSR count). The van der Waals surface area contributed by atoms with Crippen LogP contribution in [0.2, 0.25) is 0 Å². The van der Waals surface area contributed by atoms with E-state index in [1.165, 1.54) is 23.5 Å². The quantitative estimate of drug-likeness (QED) is 0.728. The molecule has 0 bridgehead atoms. The van der Waals surface area contributed by atoms with Crippen LogP contribution in [0.25, 0.3) is 0 Å². The number of nitrogens with one attached hydrogen (secondary N) is 2. The minimum Gasteiger partial charge on any atom is -0.508 e. The Morgan fingerprint density at radius 2 is 2.21 bits per heavy atom. The summed E-state index contributed by atoms with van der Waals surface area (Å²) in [5, 5.41) is 17.9. The molecule has 126 valence electrons. The summed E-state index contributed by atoms with van der Waals surface area (Å²) >= 11 is 1.38. The van der Waals surface area contributed by atoms with Crippen LogP contribution in [0.5, 0.6) is 5.75 Å². The van der Waals surface area contributed by atoms with Crippen LogP contribution in [-0.2, 0) is 6.42 Å². The largest absolute Gasteiger partial charge is 0.508 e. The van der Waals surface area contributed by atoms with Crippen molar-refractivity contribution in [2.75, 3.05) is 13.1 Å². The average Bonchev–Trinajstić information content (AvgIpc) is 3.10. The maximum absolute atomic E-state index is 12.6. The van der Waals surface area contributed by atoms with Gasteiger partial charge >= 0.3 is 0 Å². The fourth-order valence-corrected chi connectivity index (χ4v) is 3.55. The van der Waals surface area contributed by atoms with Crippen LogP contribution in [0.1, 0.15) is 38.4 Å². The second-order valence-electron chi connectivity index (χ2n) is 5.94. The van der Waals surface area contributed by atoms with Crippen LogP contribution >= 0.6 is 11.3 Å². The topological polar surface area (TPSA) is 78.4 Å². The van der Waals surface area contributed by atoms with E-state index >= 15 is 0 Å². The third kappa shape index (κ3) is 4.01. The molecule has 1 aromatic carbocycles. The molecule has 1 unspecified atom stereocenters. The molecule has 1 aliphatic rings. The maximum atomic E-state index is 12.6. The molecule has 1 aromatic heterocycles. The van der Waals surface area contributed by atoms with Crippen molar-refractivity contribution < 1.29 is 14.7 Å². The number of phenolic OH excluding ortho intramolecular Hbond substituents is 1. The van der Waals surface area contributed by atoms with Gasteiger partial charge < -0.3 is 15.7 Å². The normalized spacial score (nSPS) is 17.4. The first-order valence-electron chi connectivity index (χ1n) is 8.03. The van der Waals surface area contributed by atoms with Crippen molar-refractivity contribution in [3.05, 3.63) is 51.7 Å². The number of Topliss-reactive ketones (excluding diaryl/α,β-unsaturated/α-hetero) is 1. The monoisotopic (exact) mass is 344 g/mol. The number of ketones is 1. The number of thiophene rings is 1. The van der Waals surface area contributed by atoms with E-state index in [-0.39, 0.29) is 29.9 Å². The van der Waals surface area contributed by atoms with Crippen LogP contribution in [0, 0.1) is 0 Å². The molecule has 24 heavy (non-hydrogen) atoms. The molecule has 0 spiro atoms. The number of carbonyl (C=O) groups excluding carboxylic acids is 2. The van der Waals surface area contributed by atoms with Gasteiger partial charge in [0.05, 0.1) is 4.88 Å². The minimum atomic E-state index is -0.197. The summed E-state index contributed by atoms with van der Waals surface area (Å²) in [7, 11) is 0. The summed E-state index contributed by atoms with van der Waals surface area (Å²) in [6, 6.07) is 8.25. The van der Waals surface area contributed by atoms with Gasteiger partial charge in [-0.05, 0) is 54.6 Å². The summed E-state index contributed by atoms with van der Waals surface area (Å²) in [6.45, 7) is 1.74. The van der Waals surface area contributed by atoms with Crippen LogP contribution in [0.4, 0.5) is 0 Å². The Bertz CT molecular complexity index is 722. The molecule has 0 aliphatic carbocycles. The summed E-state index contributed by atoms with van der Waals surface area (Å²) in [5.74, 6) is -0.193. The zero-order valence-electron chi connectivity index (χ0n) is 13.2. The van der Waals surface area contributed by atoms with Crippen molar-refractivity contribution in [2.24, 2.45) is 0 Å². The van der Waals surface area contributed by atoms with E-state index in [9.17, 15) is 14.7 Å². The fraction of sp³-hybridized carbons (Fsp3) is 0.333. The number of piperidine rings is 1. The van der Waals surface area contributed by atoms with Crippen LogP contribution in [-0.4, -0.2) is 35.9 Å². The van der Waals surface area contributed by atoms with Gasteiger partial charge in [0, 0.05) is 24.6 Å². The predicted octanol–water partition coefficient (Wildman–Crippen LogP) is 2.36. The zero-order valence-corrected chi connectivity index (χ0v) is 14.1. The van der Waals surface area contributed by atoms with Crippen molar-refractivity contribution in [1.82, 2.24) is 10.6 Å². The molecule has 0 radical (unpaired) electrons. The van der Waals surface area contributed by atoms with Crippen molar-refractivity contribution in [1.29, 1.82) is 0 Å². The third-order valence-electron chi connectivity index (χ3n) is 4.11. The van der Waals surface area contributed by atoms with E-state index in [1.807, 2.05) is 11.4 Å². The lowest BCUT2D eigenvalue weighted by Crippen LogP contribution is -2.45. The molecule has 3 N–H and O–H groups in total. The second kappa shape index (κ2) is 7.59. The summed E-state index contributed by atoms with van der Waals surface area (Å²) in [6.07, 6.45) is 2.07. The molecule has 1 saturated heterocycles. The lowest BCUT2D eigenvalue weighted by molar-refractivity contribution is 0.0929. The van der Waals surface area contributed by atoms with Crippen LogP contribution in [0.3, 0.4) is 0 Å². The first kappa shape index (κ1) is 16.7. The minimum absolute atomic E-state index is 0.0519. The van der Waals surface area contributed by atoms with Gasteiger partial charge in [0.1, 0.15) is 5.75 Å². The smallest absolute Gasteiger partial charge is 0.251 e. The highest BCUT2D eigenvalue weighted by atomic mass is 32.1. The van der Waals surface area contributed by atoms with Gasteiger partial charge in [-0.25, -0.2) is 0 Å². The summed E-state index contributed by atoms with van der Waals surface area (Å²) in [4.78, 5) is 25.6. The average molecular weight is 344 g/mol. The molecule has 1 amide bonds. The molecular weight excluding hydrogens is 324 g/mol. The molecule has 1 atom stereocenters. The highest BCUT2D eigenvalue weighted by molar-refractivity contribution is 7.12. The lowest BCUT2D eigenvalue weighted by atomic mass is 9.99. The molecule has 2 aromatic rings. The van der Waals surface area contributed by atoms with Gasteiger partial charge in [-0.2, -0.15) is 0 Å². The molecule has 1 fully saturated rings. The number of benzene rings is 1. The second-order valence-corrected chi connectivity index (χ2v) is 6.88. The number of carbonyl (C=O) groups is 2. The predicted molar refractivity (Wildman–Crippen MR) is 93.8 cm³/mol. The van der Waals surface area contributed by atoms with Crippen molar-refractivity contribution in [3.63, 3.8) is 0 Å². The van der Waals surface area contributed by atoms with E-state index in [0.717, 1.165) is 25.9 Å². The Kier molecular flexibility index (Phi) is 5.27. The van der Waals surface area contributed by atoms with Gasteiger partial charge in [-0.15, -0.1) is 11.3 Å². The van der Waals surface area contributed by atoms with E-state index in [1.54, 1.807) is 12.1 Å². The summed E-state index contributed by atoms with van der Waals surface area (Å²) < 4.78 is 0. The van der Waals surface area contributed by atoms with Crippen molar-refractivity contribution in [3.8, 4) is 5.75 Å².